The van der Waals surface area contributed by atoms with Gasteiger partial charge in [-0.25, -0.2) is 19.6 Å². The molecule has 2 amide bonds. The van der Waals surface area contributed by atoms with Crippen molar-refractivity contribution in [3.8, 4) is 11.5 Å². The van der Waals surface area contributed by atoms with Crippen LogP contribution in [0, 0.1) is 0 Å². The molecule has 0 saturated carbocycles. The Morgan fingerprint density at radius 1 is 0.909 bits per heavy atom. The Balaban J connectivity index is 1.91. The first kappa shape index (κ1) is 14.1. The third kappa shape index (κ3) is 2.28. The van der Waals surface area contributed by atoms with Crippen molar-refractivity contribution in [3.63, 3.8) is 0 Å². The van der Waals surface area contributed by atoms with Gasteiger partial charge in [-0.05, 0) is 12.1 Å². The van der Waals surface area contributed by atoms with Crippen LogP contribution in [0.5, 0.6) is 11.5 Å². The monoisotopic (exact) mass is 306 g/mol. The number of methoxy groups -OCH3 is 2. The number of hydrazine groups is 1. The molecule has 0 bridgehead atoms. The minimum Gasteiger partial charge on any atom is -0.452 e. The normalized spacial score (nSPS) is 16.1. The van der Waals surface area contributed by atoms with Crippen molar-refractivity contribution in [2.75, 3.05) is 27.3 Å². The van der Waals surface area contributed by atoms with Crippen LogP contribution in [0.4, 0.5) is 9.59 Å². The molecule has 0 saturated heterocycles. The van der Waals surface area contributed by atoms with Crippen LogP contribution in [0.15, 0.2) is 35.8 Å². The molecule has 0 N–H and O–H groups in total. The second-order valence-corrected chi connectivity index (χ2v) is 4.55. The van der Waals surface area contributed by atoms with Gasteiger partial charge in [0.25, 0.3) is 0 Å². The van der Waals surface area contributed by atoms with E-state index < -0.39 is 12.2 Å². The highest BCUT2D eigenvalue weighted by molar-refractivity contribution is 5.75. The Labute approximate surface area is 126 Å². The smallest absolute Gasteiger partial charge is 0.429 e. The Hall–Kier alpha value is -2.90. The molecule has 1 aromatic rings. The van der Waals surface area contributed by atoms with Gasteiger partial charge < -0.3 is 18.9 Å². The Morgan fingerprint density at radius 3 is 1.68 bits per heavy atom. The van der Waals surface area contributed by atoms with Crippen molar-refractivity contribution >= 4 is 12.2 Å². The lowest BCUT2D eigenvalue weighted by Gasteiger charge is -2.38. The first-order valence-corrected chi connectivity index (χ1v) is 6.51. The van der Waals surface area contributed by atoms with Crippen LogP contribution >= 0.6 is 0 Å². The topological polar surface area (TPSA) is 77.5 Å². The molecule has 2 aliphatic heterocycles. The van der Waals surface area contributed by atoms with Crippen molar-refractivity contribution in [2.45, 2.75) is 0 Å². The Kier molecular flexibility index (Phi) is 3.50. The van der Waals surface area contributed by atoms with Crippen LogP contribution in [0.1, 0.15) is 0 Å². The predicted molar refractivity (Wildman–Crippen MR) is 72.9 cm³/mol. The molecular weight excluding hydrogens is 292 g/mol. The van der Waals surface area contributed by atoms with Crippen molar-refractivity contribution in [1.82, 2.24) is 10.0 Å². The zero-order valence-corrected chi connectivity index (χ0v) is 12.1. The van der Waals surface area contributed by atoms with E-state index in [4.69, 9.17) is 9.47 Å². The fourth-order valence-corrected chi connectivity index (χ4v) is 2.22. The van der Waals surface area contributed by atoms with Gasteiger partial charge in [-0.2, -0.15) is 0 Å². The van der Waals surface area contributed by atoms with Gasteiger partial charge in [0.2, 0.25) is 0 Å². The average Bonchev–Trinajstić information content (AvgIpc) is 2.57. The molecular formula is C14H14N2O6. The van der Waals surface area contributed by atoms with E-state index in [1.165, 1.54) is 14.2 Å². The zero-order chi connectivity index (χ0) is 15.7. The fourth-order valence-electron chi connectivity index (χ4n) is 2.22. The highest BCUT2D eigenvalue weighted by atomic mass is 16.6. The van der Waals surface area contributed by atoms with E-state index in [9.17, 15) is 9.59 Å². The van der Waals surface area contributed by atoms with E-state index in [2.05, 4.69) is 9.47 Å². The number of hydrogen-bond acceptors (Lipinski definition) is 6. The summed E-state index contributed by atoms with van der Waals surface area (Å²) in [7, 11) is 2.46. The van der Waals surface area contributed by atoms with Gasteiger partial charge in [0.1, 0.15) is 13.1 Å². The third-order valence-electron chi connectivity index (χ3n) is 3.28. The van der Waals surface area contributed by atoms with Crippen LogP contribution in [-0.2, 0) is 9.47 Å². The second kappa shape index (κ2) is 5.47. The van der Waals surface area contributed by atoms with E-state index in [1.54, 1.807) is 12.1 Å². The molecule has 8 nitrogen and oxygen atoms in total. The number of nitrogens with zero attached hydrogens (tertiary/aromatic N) is 2. The number of fused-ring (bicyclic) bond motifs is 1. The molecule has 8 heteroatoms. The van der Waals surface area contributed by atoms with E-state index in [1.807, 2.05) is 12.1 Å². The predicted octanol–water partition coefficient (Wildman–Crippen LogP) is 1.73. The Bertz CT molecular complexity index is 601. The van der Waals surface area contributed by atoms with E-state index in [0.717, 1.165) is 10.0 Å². The molecule has 0 spiro atoms. The lowest BCUT2D eigenvalue weighted by atomic mass is 10.2. The van der Waals surface area contributed by atoms with Crippen LogP contribution in [0.3, 0.4) is 0 Å². The maximum Gasteiger partial charge on any atom is 0.429 e. The van der Waals surface area contributed by atoms with Crippen LogP contribution in [-0.4, -0.2) is 49.5 Å². The third-order valence-corrected chi connectivity index (χ3v) is 3.28. The summed E-state index contributed by atoms with van der Waals surface area (Å²) in [5, 5.41) is 2.20. The average molecular weight is 306 g/mol. The van der Waals surface area contributed by atoms with E-state index in [0.29, 0.717) is 23.0 Å². The number of hydrogen-bond donors (Lipinski definition) is 0. The van der Waals surface area contributed by atoms with Gasteiger partial charge in [0, 0.05) is 0 Å². The summed E-state index contributed by atoms with van der Waals surface area (Å²) < 4.78 is 20.9. The van der Waals surface area contributed by atoms with Crippen molar-refractivity contribution < 1.29 is 28.5 Å². The molecule has 0 atom stereocenters. The van der Waals surface area contributed by atoms with Gasteiger partial charge in [0.15, 0.2) is 23.0 Å². The van der Waals surface area contributed by atoms with Crippen LogP contribution in [0.25, 0.3) is 0 Å². The zero-order valence-electron chi connectivity index (χ0n) is 12.1. The molecule has 2 heterocycles. The quantitative estimate of drug-likeness (QED) is 0.726. The number of ether oxygens (including phenoxy) is 4. The number of carbonyl (C=O) groups is 2. The number of benzene rings is 1. The maximum atomic E-state index is 11.9. The van der Waals surface area contributed by atoms with E-state index in [-0.39, 0.29) is 13.1 Å². The first-order chi connectivity index (χ1) is 10.6. The number of carbonyl (C=O) groups excluding carboxylic acids is 2. The standard InChI is InChI=1S/C14H14N2O6/c1-19-13(17)15-7-11-12(8-16(15)14(18)20-2)22-10-6-4-3-5-9(10)21-11/h3-6H,7-8H2,1-2H3. The summed E-state index contributed by atoms with van der Waals surface area (Å²) in [6.07, 6.45) is -1.39. The first-order valence-electron chi connectivity index (χ1n) is 6.51. The molecule has 0 fully saturated rings. The second-order valence-electron chi connectivity index (χ2n) is 4.55. The summed E-state index contributed by atoms with van der Waals surface area (Å²) in [6.45, 7) is 0.0108. The molecule has 2 aliphatic rings. The lowest BCUT2D eigenvalue weighted by molar-refractivity contribution is -0.0228. The molecule has 1 aromatic carbocycles. The van der Waals surface area contributed by atoms with E-state index >= 15 is 0 Å². The number of amides is 2. The minimum atomic E-state index is -0.695. The molecule has 22 heavy (non-hydrogen) atoms. The van der Waals surface area contributed by atoms with Gasteiger partial charge in [-0.15, -0.1) is 0 Å². The summed E-state index contributed by atoms with van der Waals surface area (Å²) in [5.74, 6) is 2.00. The Morgan fingerprint density at radius 2 is 1.32 bits per heavy atom. The van der Waals surface area contributed by atoms with Gasteiger partial charge >= 0.3 is 12.2 Å². The van der Waals surface area contributed by atoms with Gasteiger partial charge in [-0.1, -0.05) is 12.1 Å². The van der Waals surface area contributed by atoms with Crippen LogP contribution < -0.4 is 9.47 Å². The molecule has 0 unspecified atom stereocenters. The summed E-state index contributed by atoms with van der Waals surface area (Å²) >= 11 is 0. The van der Waals surface area contributed by atoms with Crippen molar-refractivity contribution in [1.29, 1.82) is 0 Å². The summed E-state index contributed by atoms with van der Waals surface area (Å²) in [4.78, 5) is 23.7. The van der Waals surface area contributed by atoms with Gasteiger partial charge in [0.05, 0.1) is 14.2 Å². The molecule has 3 rings (SSSR count). The number of para-hydroxylation sites is 2. The highest BCUT2D eigenvalue weighted by Gasteiger charge is 2.38. The molecule has 0 radical (unpaired) electrons. The maximum absolute atomic E-state index is 11.9. The van der Waals surface area contributed by atoms with Crippen molar-refractivity contribution in [3.05, 3.63) is 35.8 Å². The SMILES string of the molecule is COC(=O)N1CC2=C(CN1C(=O)OC)Oc1ccccc1O2. The summed E-state index contributed by atoms with van der Waals surface area (Å²) in [6, 6.07) is 7.15. The fraction of sp³-hybridized carbons (Fsp3) is 0.286. The van der Waals surface area contributed by atoms with Gasteiger partial charge in [-0.3, -0.25) is 0 Å². The molecule has 116 valence electrons. The van der Waals surface area contributed by atoms with Crippen molar-refractivity contribution in [2.24, 2.45) is 0 Å². The molecule has 0 aliphatic carbocycles. The molecule has 0 aromatic heterocycles. The largest absolute Gasteiger partial charge is 0.452 e. The highest BCUT2D eigenvalue weighted by Crippen LogP contribution is 2.36. The van der Waals surface area contributed by atoms with Crippen LogP contribution in [0.2, 0.25) is 0 Å². The minimum absolute atomic E-state index is 0.00540. The number of rotatable bonds is 0. The lowest BCUT2D eigenvalue weighted by Crippen LogP contribution is -2.55. The summed E-state index contributed by atoms with van der Waals surface area (Å²) in [5.41, 5.74) is 0.